The Kier molecular flexibility index (Phi) is 5.65. The molecule has 0 amide bonds. The van der Waals surface area contributed by atoms with E-state index < -0.39 is 10.2 Å². The van der Waals surface area contributed by atoms with E-state index in [2.05, 4.69) is 26.0 Å². The van der Waals surface area contributed by atoms with Crippen molar-refractivity contribution in [2.75, 3.05) is 31.4 Å². The summed E-state index contributed by atoms with van der Waals surface area (Å²) >= 11 is 3.38. The van der Waals surface area contributed by atoms with Crippen LogP contribution < -0.4 is 10.0 Å². The van der Waals surface area contributed by atoms with Gasteiger partial charge in [0.1, 0.15) is 0 Å². The molecule has 5 nitrogen and oxygen atoms in total. The maximum atomic E-state index is 12.4. The SMILES string of the molecule is CNCC1CCN(S(=O)(=O)Nc2ccc(Br)cc2C)CC1. The molecule has 118 valence electrons. The van der Waals surface area contributed by atoms with Crippen molar-refractivity contribution in [1.29, 1.82) is 0 Å². The Balaban J connectivity index is 2.02. The molecule has 2 N–H and O–H groups in total. The Morgan fingerprint density at radius 2 is 2.00 bits per heavy atom. The summed E-state index contributed by atoms with van der Waals surface area (Å²) in [7, 11) is -1.53. The third kappa shape index (κ3) is 4.42. The van der Waals surface area contributed by atoms with Gasteiger partial charge in [0.05, 0.1) is 5.69 Å². The molecule has 7 heteroatoms. The predicted molar refractivity (Wildman–Crippen MR) is 89.6 cm³/mol. The first kappa shape index (κ1) is 16.7. The van der Waals surface area contributed by atoms with E-state index in [9.17, 15) is 8.42 Å². The number of hydrogen-bond donors (Lipinski definition) is 2. The molecule has 0 unspecified atom stereocenters. The fraction of sp³-hybridized carbons (Fsp3) is 0.571. The minimum absolute atomic E-state index is 0.566. The van der Waals surface area contributed by atoms with Crippen LogP contribution in [0.4, 0.5) is 5.69 Å². The highest BCUT2D eigenvalue weighted by Gasteiger charge is 2.27. The molecule has 1 aliphatic heterocycles. The molecule has 21 heavy (non-hydrogen) atoms. The van der Waals surface area contributed by atoms with Gasteiger partial charge in [0, 0.05) is 17.6 Å². The van der Waals surface area contributed by atoms with Crippen LogP contribution >= 0.6 is 15.9 Å². The lowest BCUT2D eigenvalue weighted by Gasteiger charge is -2.31. The van der Waals surface area contributed by atoms with Crippen LogP contribution in [0, 0.1) is 12.8 Å². The van der Waals surface area contributed by atoms with Gasteiger partial charge in [0.15, 0.2) is 0 Å². The number of halogens is 1. The molecular formula is C14H22BrN3O2S. The zero-order valence-electron chi connectivity index (χ0n) is 12.4. The fourth-order valence-electron chi connectivity index (χ4n) is 2.59. The second-order valence-corrected chi connectivity index (χ2v) is 8.05. The van der Waals surface area contributed by atoms with Gasteiger partial charge in [-0.15, -0.1) is 0 Å². The van der Waals surface area contributed by atoms with E-state index in [0.29, 0.717) is 24.7 Å². The molecule has 0 aromatic heterocycles. The molecule has 1 aliphatic rings. The van der Waals surface area contributed by atoms with Crippen molar-refractivity contribution in [3.05, 3.63) is 28.2 Å². The van der Waals surface area contributed by atoms with Crippen molar-refractivity contribution in [3.63, 3.8) is 0 Å². The number of anilines is 1. The van der Waals surface area contributed by atoms with Gasteiger partial charge >= 0.3 is 10.2 Å². The van der Waals surface area contributed by atoms with Crippen LogP contribution in [0.3, 0.4) is 0 Å². The fourth-order valence-corrected chi connectivity index (χ4v) is 4.39. The molecule has 0 aliphatic carbocycles. The molecule has 0 radical (unpaired) electrons. The molecule has 0 saturated carbocycles. The summed E-state index contributed by atoms with van der Waals surface area (Å²) < 4.78 is 30.1. The highest BCUT2D eigenvalue weighted by atomic mass is 79.9. The van der Waals surface area contributed by atoms with Crippen LogP contribution in [0.25, 0.3) is 0 Å². The normalized spacial score (nSPS) is 17.9. The summed E-state index contributed by atoms with van der Waals surface area (Å²) in [5.74, 6) is 0.566. The van der Waals surface area contributed by atoms with Crippen LogP contribution in [0.15, 0.2) is 22.7 Å². The number of hydrogen-bond acceptors (Lipinski definition) is 3. The highest BCUT2D eigenvalue weighted by Crippen LogP contribution is 2.24. The smallest absolute Gasteiger partial charge is 0.301 e. The lowest BCUT2D eigenvalue weighted by atomic mass is 9.98. The van der Waals surface area contributed by atoms with Crippen molar-refractivity contribution in [1.82, 2.24) is 9.62 Å². The van der Waals surface area contributed by atoms with E-state index in [1.165, 1.54) is 0 Å². The van der Waals surface area contributed by atoms with Gasteiger partial charge in [-0.2, -0.15) is 12.7 Å². The van der Waals surface area contributed by atoms with Crippen molar-refractivity contribution < 1.29 is 8.42 Å². The van der Waals surface area contributed by atoms with Crippen LogP contribution in [0.1, 0.15) is 18.4 Å². The first-order chi connectivity index (χ1) is 9.92. The van der Waals surface area contributed by atoms with E-state index in [4.69, 9.17) is 0 Å². The van der Waals surface area contributed by atoms with Gasteiger partial charge in [-0.25, -0.2) is 0 Å². The number of aryl methyl sites for hydroxylation is 1. The zero-order chi connectivity index (χ0) is 15.5. The maximum absolute atomic E-state index is 12.4. The van der Waals surface area contributed by atoms with Crippen molar-refractivity contribution in [2.24, 2.45) is 5.92 Å². The molecule has 1 aromatic carbocycles. The number of benzene rings is 1. The number of piperidine rings is 1. The van der Waals surface area contributed by atoms with Crippen LogP contribution in [-0.4, -0.2) is 39.4 Å². The monoisotopic (exact) mass is 375 g/mol. The van der Waals surface area contributed by atoms with E-state index in [0.717, 1.165) is 29.4 Å². The Morgan fingerprint density at radius 1 is 1.33 bits per heavy atom. The quantitative estimate of drug-likeness (QED) is 0.829. The summed E-state index contributed by atoms with van der Waals surface area (Å²) in [4.78, 5) is 0. The van der Waals surface area contributed by atoms with Gasteiger partial charge in [-0.05, 0) is 63.0 Å². The lowest BCUT2D eigenvalue weighted by Crippen LogP contribution is -2.43. The van der Waals surface area contributed by atoms with Crippen LogP contribution in [0.5, 0.6) is 0 Å². The van der Waals surface area contributed by atoms with E-state index in [-0.39, 0.29) is 0 Å². The van der Waals surface area contributed by atoms with Gasteiger partial charge in [0.25, 0.3) is 0 Å². The molecule has 1 aromatic rings. The molecule has 0 atom stereocenters. The third-order valence-corrected chi connectivity index (χ3v) is 5.85. The van der Waals surface area contributed by atoms with Crippen molar-refractivity contribution >= 4 is 31.8 Å². The largest absolute Gasteiger partial charge is 0.319 e. The highest BCUT2D eigenvalue weighted by molar-refractivity contribution is 9.10. The topological polar surface area (TPSA) is 61.4 Å². The van der Waals surface area contributed by atoms with E-state index in [1.54, 1.807) is 10.4 Å². The summed E-state index contributed by atoms with van der Waals surface area (Å²) in [6, 6.07) is 5.52. The zero-order valence-corrected chi connectivity index (χ0v) is 14.8. The summed E-state index contributed by atoms with van der Waals surface area (Å²) in [6.45, 7) is 4.00. The predicted octanol–water partition coefficient (Wildman–Crippen LogP) is 2.35. The molecule has 1 fully saturated rings. The van der Waals surface area contributed by atoms with Crippen LogP contribution in [0.2, 0.25) is 0 Å². The van der Waals surface area contributed by atoms with Gasteiger partial charge in [0.2, 0.25) is 0 Å². The lowest BCUT2D eigenvalue weighted by molar-refractivity contribution is 0.272. The molecule has 2 rings (SSSR count). The average molecular weight is 376 g/mol. The minimum Gasteiger partial charge on any atom is -0.319 e. The second kappa shape index (κ2) is 7.09. The van der Waals surface area contributed by atoms with Crippen LogP contribution in [-0.2, 0) is 10.2 Å². The molecule has 0 bridgehead atoms. The maximum Gasteiger partial charge on any atom is 0.301 e. The number of nitrogens with zero attached hydrogens (tertiary/aromatic N) is 1. The minimum atomic E-state index is -3.46. The Bertz CT molecular complexity index is 584. The standard InChI is InChI=1S/C14H22BrN3O2S/c1-11-9-13(15)3-4-14(11)17-21(19,20)18-7-5-12(6-8-18)10-16-2/h3-4,9,12,16-17H,5-8,10H2,1-2H3. The summed E-state index contributed by atoms with van der Waals surface area (Å²) in [5.41, 5.74) is 1.54. The van der Waals surface area contributed by atoms with Gasteiger partial charge < -0.3 is 5.32 Å². The molecule has 1 saturated heterocycles. The van der Waals surface area contributed by atoms with Crippen molar-refractivity contribution in [2.45, 2.75) is 19.8 Å². The first-order valence-corrected chi connectivity index (χ1v) is 9.34. The first-order valence-electron chi connectivity index (χ1n) is 7.11. The Morgan fingerprint density at radius 3 is 2.57 bits per heavy atom. The molecule has 0 spiro atoms. The van der Waals surface area contributed by atoms with Crippen molar-refractivity contribution in [3.8, 4) is 0 Å². The second-order valence-electron chi connectivity index (χ2n) is 5.47. The summed E-state index contributed by atoms with van der Waals surface area (Å²) in [5, 5.41) is 3.16. The Hall–Kier alpha value is -0.630. The number of rotatable bonds is 5. The molecule has 1 heterocycles. The summed E-state index contributed by atoms with van der Waals surface area (Å²) in [6.07, 6.45) is 1.81. The van der Waals surface area contributed by atoms with E-state index >= 15 is 0 Å². The third-order valence-electron chi connectivity index (χ3n) is 3.83. The number of nitrogens with one attached hydrogen (secondary N) is 2. The van der Waals surface area contributed by atoms with Gasteiger partial charge in [-0.3, -0.25) is 4.72 Å². The van der Waals surface area contributed by atoms with Gasteiger partial charge in [-0.1, -0.05) is 15.9 Å². The van der Waals surface area contributed by atoms with E-state index in [1.807, 2.05) is 26.1 Å². The Labute approximate surface area is 135 Å². The average Bonchev–Trinajstić information content (AvgIpc) is 2.43. The molecular weight excluding hydrogens is 354 g/mol.